The zero-order valence-electron chi connectivity index (χ0n) is 13.9. The Hall–Kier alpha value is -2.33. The molecule has 4 heteroatoms. The number of hydrogen-bond acceptors (Lipinski definition) is 3. The number of rotatable bonds is 5. The van der Waals surface area contributed by atoms with Crippen molar-refractivity contribution in [2.24, 2.45) is 5.73 Å². The molecule has 0 spiro atoms. The van der Waals surface area contributed by atoms with Crippen molar-refractivity contribution in [3.8, 4) is 0 Å². The molecule has 1 fully saturated rings. The maximum absolute atomic E-state index is 12.3. The van der Waals surface area contributed by atoms with Crippen LogP contribution in [0.5, 0.6) is 0 Å². The van der Waals surface area contributed by atoms with Gasteiger partial charge in [0, 0.05) is 24.5 Å². The number of anilines is 2. The molecule has 1 amide bonds. The molecule has 126 valence electrons. The zero-order valence-corrected chi connectivity index (χ0v) is 13.9. The lowest BCUT2D eigenvalue weighted by Gasteiger charge is -2.28. The van der Waals surface area contributed by atoms with Crippen LogP contribution in [0.3, 0.4) is 0 Å². The van der Waals surface area contributed by atoms with E-state index in [0.717, 1.165) is 24.3 Å². The highest BCUT2D eigenvalue weighted by molar-refractivity contribution is 5.95. The quantitative estimate of drug-likeness (QED) is 0.888. The predicted octanol–water partition coefficient (Wildman–Crippen LogP) is 3.19. The van der Waals surface area contributed by atoms with E-state index in [9.17, 15) is 4.79 Å². The van der Waals surface area contributed by atoms with Crippen LogP contribution in [0.25, 0.3) is 0 Å². The van der Waals surface area contributed by atoms with Crippen molar-refractivity contribution in [3.05, 3.63) is 60.2 Å². The summed E-state index contributed by atoms with van der Waals surface area (Å²) in [6, 6.07) is 17.4. The SMILES string of the molecule is NC(Cc1ccccc1)C(=O)Nc1ccc(N2CCCCC2)cc1. The van der Waals surface area contributed by atoms with Crippen molar-refractivity contribution in [1.82, 2.24) is 0 Å². The van der Waals surface area contributed by atoms with Crippen LogP contribution in [0, 0.1) is 0 Å². The molecule has 0 radical (unpaired) electrons. The first kappa shape index (κ1) is 16.5. The minimum Gasteiger partial charge on any atom is -0.372 e. The van der Waals surface area contributed by atoms with Gasteiger partial charge in [0.2, 0.25) is 5.91 Å². The van der Waals surface area contributed by atoms with Crippen LogP contribution in [0.2, 0.25) is 0 Å². The summed E-state index contributed by atoms with van der Waals surface area (Å²) in [4.78, 5) is 14.7. The van der Waals surface area contributed by atoms with Crippen LogP contribution in [-0.2, 0) is 11.2 Å². The van der Waals surface area contributed by atoms with Crippen LogP contribution < -0.4 is 16.0 Å². The number of nitrogens with zero attached hydrogens (tertiary/aromatic N) is 1. The summed E-state index contributed by atoms with van der Waals surface area (Å²) in [5, 5.41) is 2.91. The van der Waals surface area contributed by atoms with E-state index >= 15 is 0 Å². The van der Waals surface area contributed by atoms with Gasteiger partial charge in [-0.1, -0.05) is 30.3 Å². The molecule has 1 aliphatic heterocycles. The Bertz CT molecular complexity index is 648. The van der Waals surface area contributed by atoms with Gasteiger partial charge in [0.05, 0.1) is 6.04 Å². The van der Waals surface area contributed by atoms with Crippen LogP contribution in [0.15, 0.2) is 54.6 Å². The van der Waals surface area contributed by atoms with E-state index in [0.29, 0.717) is 6.42 Å². The van der Waals surface area contributed by atoms with Gasteiger partial charge in [-0.05, 0) is 55.5 Å². The minimum atomic E-state index is -0.547. The summed E-state index contributed by atoms with van der Waals surface area (Å²) in [5.41, 5.74) is 9.11. The third-order valence-electron chi connectivity index (χ3n) is 4.49. The molecule has 0 bridgehead atoms. The molecule has 2 aromatic rings. The van der Waals surface area contributed by atoms with Gasteiger partial charge in [0.1, 0.15) is 0 Å². The minimum absolute atomic E-state index is 0.149. The summed E-state index contributed by atoms with van der Waals surface area (Å²) < 4.78 is 0. The Morgan fingerprint density at radius 2 is 1.67 bits per heavy atom. The Morgan fingerprint density at radius 3 is 2.33 bits per heavy atom. The van der Waals surface area contributed by atoms with Crippen molar-refractivity contribution < 1.29 is 4.79 Å². The van der Waals surface area contributed by atoms with Crippen LogP contribution in [0.4, 0.5) is 11.4 Å². The summed E-state index contributed by atoms with van der Waals surface area (Å²) in [5.74, 6) is -0.149. The van der Waals surface area contributed by atoms with Gasteiger partial charge < -0.3 is 16.0 Å². The van der Waals surface area contributed by atoms with Gasteiger partial charge in [-0.15, -0.1) is 0 Å². The molecule has 0 aliphatic carbocycles. The zero-order chi connectivity index (χ0) is 16.8. The topological polar surface area (TPSA) is 58.4 Å². The molecular formula is C20H25N3O. The number of nitrogens with two attached hydrogens (primary N) is 1. The molecule has 1 unspecified atom stereocenters. The standard InChI is InChI=1S/C20H25N3O/c21-19(15-16-7-3-1-4-8-16)20(24)22-17-9-11-18(12-10-17)23-13-5-2-6-14-23/h1,3-4,7-12,19H,2,5-6,13-15,21H2,(H,22,24). The molecule has 0 aromatic heterocycles. The Morgan fingerprint density at radius 1 is 1.00 bits per heavy atom. The van der Waals surface area contributed by atoms with Crippen molar-refractivity contribution >= 4 is 17.3 Å². The molecule has 4 nitrogen and oxygen atoms in total. The Labute approximate surface area is 143 Å². The highest BCUT2D eigenvalue weighted by atomic mass is 16.2. The van der Waals surface area contributed by atoms with Crippen LogP contribution in [0.1, 0.15) is 24.8 Å². The molecule has 3 N–H and O–H groups in total. The maximum atomic E-state index is 12.3. The number of amides is 1. The van der Waals surface area contributed by atoms with Crippen molar-refractivity contribution in [1.29, 1.82) is 0 Å². The van der Waals surface area contributed by atoms with E-state index in [1.54, 1.807) is 0 Å². The smallest absolute Gasteiger partial charge is 0.241 e. The fraction of sp³-hybridized carbons (Fsp3) is 0.350. The summed E-state index contributed by atoms with van der Waals surface area (Å²) in [6.45, 7) is 2.24. The molecule has 1 heterocycles. The average molecular weight is 323 g/mol. The molecule has 0 saturated carbocycles. The van der Waals surface area contributed by atoms with E-state index in [1.807, 2.05) is 42.5 Å². The number of hydrogen-bond donors (Lipinski definition) is 2. The Kier molecular flexibility index (Phi) is 5.49. The molecular weight excluding hydrogens is 298 g/mol. The summed E-state index contributed by atoms with van der Waals surface area (Å²) in [6.07, 6.45) is 4.38. The number of nitrogens with one attached hydrogen (secondary N) is 1. The van der Waals surface area contributed by atoms with Crippen LogP contribution >= 0.6 is 0 Å². The van der Waals surface area contributed by atoms with Gasteiger partial charge in [0.25, 0.3) is 0 Å². The van der Waals surface area contributed by atoms with Gasteiger partial charge in [0.15, 0.2) is 0 Å². The molecule has 2 aromatic carbocycles. The second kappa shape index (κ2) is 7.97. The first-order chi connectivity index (χ1) is 11.7. The van der Waals surface area contributed by atoms with Gasteiger partial charge in [-0.3, -0.25) is 4.79 Å². The fourth-order valence-electron chi connectivity index (χ4n) is 3.10. The largest absolute Gasteiger partial charge is 0.372 e. The lowest BCUT2D eigenvalue weighted by atomic mass is 10.1. The normalized spacial score (nSPS) is 15.8. The third-order valence-corrected chi connectivity index (χ3v) is 4.49. The number of benzene rings is 2. The molecule has 24 heavy (non-hydrogen) atoms. The number of carbonyl (C=O) groups is 1. The Balaban J connectivity index is 1.55. The van der Waals surface area contributed by atoms with Crippen molar-refractivity contribution in [2.45, 2.75) is 31.7 Å². The van der Waals surface area contributed by atoms with Crippen molar-refractivity contribution in [3.63, 3.8) is 0 Å². The summed E-state index contributed by atoms with van der Waals surface area (Å²) in [7, 11) is 0. The number of piperidine rings is 1. The van der Waals surface area contributed by atoms with Gasteiger partial charge >= 0.3 is 0 Å². The maximum Gasteiger partial charge on any atom is 0.241 e. The van der Waals surface area contributed by atoms with Gasteiger partial charge in [-0.25, -0.2) is 0 Å². The van der Waals surface area contributed by atoms with E-state index in [4.69, 9.17) is 5.73 Å². The second-order valence-corrected chi connectivity index (χ2v) is 6.38. The van der Waals surface area contributed by atoms with Crippen LogP contribution in [-0.4, -0.2) is 25.0 Å². The third kappa shape index (κ3) is 4.36. The fourth-order valence-corrected chi connectivity index (χ4v) is 3.10. The second-order valence-electron chi connectivity index (χ2n) is 6.38. The first-order valence-electron chi connectivity index (χ1n) is 8.68. The highest BCUT2D eigenvalue weighted by Gasteiger charge is 2.15. The first-order valence-corrected chi connectivity index (χ1v) is 8.68. The highest BCUT2D eigenvalue weighted by Crippen LogP contribution is 2.21. The van der Waals surface area contributed by atoms with Gasteiger partial charge in [-0.2, -0.15) is 0 Å². The monoisotopic (exact) mass is 323 g/mol. The van der Waals surface area contributed by atoms with E-state index in [2.05, 4.69) is 22.3 Å². The molecule has 1 saturated heterocycles. The predicted molar refractivity (Wildman–Crippen MR) is 99.3 cm³/mol. The average Bonchev–Trinajstić information content (AvgIpc) is 2.64. The van der Waals surface area contributed by atoms with E-state index < -0.39 is 6.04 Å². The molecule has 1 aliphatic rings. The lowest BCUT2D eigenvalue weighted by Crippen LogP contribution is -2.37. The van der Waals surface area contributed by atoms with Crippen molar-refractivity contribution in [2.75, 3.05) is 23.3 Å². The lowest BCUT2D eigenvalue weighted by molar-refractivity contribution is -0.117. The molecule has 1 atom stereocenters. The van der Waals surface area contributed by atoms with E-state index in [-0.39, 0.29) is 5.91 Å². The van der Waals surface area contributed by atoms with E-state index in [1.165, 1.54) is 24.9 Å². The molecule has 3 rings (SSSR count). The number of carbonyl (C=O) groups excluding carboxylic acids is 1. The summed E-state index contributed by atoms with van der Waals surface area (Å²) >= 11 is 0.